The predicted octanol–water partition coefficient (Wildman–Crippen LogP) is 3.02. The summed E-state index contributed by atoms with van der Waals surface area (Å²) in [6.07, 6.45) is 3.01. The number of sulfonamides is 1. The molecule has 0 radical (unpaired) electrons. The number of likely N-dealkylation sites (tertiary alicyclic amines) is 1. The molecule has 0 bridgehead atoms. The number of benzene rings is 2. The molecule has 58 heavy (non-hydrogen) atoms. The minimum atomic E-state index is -3.95. The zero-order chi connectivity index (χ0) is 41.9. The fraction of sp³-hybridized carbons (Fsp3) is 0.447. The SMILES string of the molecule is C=C[C@@H]1C[C@]1(NC(=O)[C@@H]1C[C@@H](Oc2ncc(OC)c3ccc(Cl)cc23)CN1C(=O)[C@@H](NC(=O)Nc1cc2c(cc1Cl)COB2O)C(C)(C)C)C(=O)NS(=O)(=O)C1CC1. The molecule has 5 amide bonds. The molecule has 308 valence electrons. The number of hydrogen-bond donors (Lipinski definition) is 5. The molecule has 7 rings (SSSR count). The van der Waals surface area contributed by atoms with E-state index in [4.69, 9.17) is 37.3 Å². The van der Waals surface area contributed by atoms with Gasteiger partial charge >= 0.3 is 13.1 Å². The predicted molar refractivity (Wildman–Crippen MR) is 216 cm³/mol. The van der Waals surface area contributed by atoms with Gasteiger partial charge in [0.05, 0.1) is 42.4 Å². The van der Waals surface area contributed by atoms with Gasteiger partial charge in [-0.2, -0.15) is 0 Å². The number of rotatable bonds is 12. The maximum absolute atomic E-state index is 14.7. The first-order valence-corrected chi connectivity index (χ1v) is 20.9. The van der Waals surface area contributed by atoms with Crippen molar-refractivity contribution in [2.45, 2.75) is 82.0 Å². The normalized spacial score (nSPS) is 23.1. The van der Waals surface area contributed by atoms with Gasteiger partial charge in [0.1, 0.15) is 29.5 Å². The summed E-state index contributed by atoms with van der Waals surface area (Å²) < 4.78 is 44.8. The summed E-state index contributed by atoms with van der Waals surface area (Å²) in [5, 5.41) is 19.4. The topological polar surface area (TPSA) is 215 Å². The van der Waals surface area contributed by atoms with E-state index in [0.717, 1.165) is 0 Å². The van der Waals surface area contributed by atoms with Crippen LogP contribution in [0.2, 0.25) is 10.0 Å². The van der Waals surface area contributed by atoms with Gasteiger partial charge in [0.25, 0.3) is 5.91 Å². The van der Waals surface area contributed by atoms with Gasteiger partial charge in [-0.3, -0.25) is 19.1 Å². The summed E-state index contributed by atoms with van der Waals surface area (Å²) >= 11 is 12.8. The first kappa shape index (κ1) is 41.5. The van der Waals surface area contributed by atoms with Crippen molar-refractivity contribution < 1.29 is 46.7 Å². The highest BCUT2D eigenvalue weighted by molar-refractivity contribution is 7.91. The third-order valence-electron chi connectivity index (χ3n) is 10.9. The Morgan fingerprint density at radius 3 is 2.55 bits per heavy atom. The highest BCUT2D eigenvalue weighted by Crippen LogP contribution is 2.46. The van der Waals surface area contributed by atoms with E-state index in [1.807, 2.05) is 0 Å². The molecule has 2 saturated carbocycles. The summed E-state index contributed by atoms with van der Waals surface area (Å²) in [5.41, 5.74) is -1.27. The van der Waals surface area contributed by atoms with Crippen molar-refractivity contribution in [1.29, 1.82) is 0 Å². The van der Waals surface area contributed by atoms with Crippen LogP contribution in [0.3, 0.4) is 0 Å². The van der Waals surface area contributed by atoms with Gasteiger partial charge in [0, 0.05) is 28.1 Å². The van der Waals surface area contributed by atoms with Crippen LogP contribution < -0.4 is 35.6 Å². The zero-order valence-corrected chi connectivity index (χ0v) is 34.5. The second-order valence-corrected chi connectivity index (χ2v) is 18.9. The fourth-order valence-corrected chi connectivity index (χ4v) is 9.19. The van der Waals surface area contributed by atoms with Crippen LogP contribution >= 0.6 is 23.2 Å². The van der Waals surface area contributed by atoms with E-state index >= 15 is 0 Å². The molecule has 5 atom stereocenters. The summed E-state index contributed by atoms with van der Waals surface area (Å²) in [7, 11) is -3.64. The number of nitrogens with zero attached hydrogens (tertiary/aromatic N) is 2. The number of carbonyl (C=O) groups excluding carboxylic acids is 4. The Morgan fingerprint density at radius 1 is 1.16 bits per heavy atom. The number of methoxy groups -OCH3 is 1. The second kappa shape index (κ2) is 15.5. The van der Waals surface area contributed by atoms with Crippen LogP contribution in [0.25, 0.3) is 10.8 Å². The zero-order valence-electron chi connectivity index (χ0n) is 32.1. The smallest absolute Gasteiger partial charge is 0.491 e. The summed E-state index contributed by atoms with van der Waals surface area (Å²) in [6.45, 7) is 8.98. The third-order valence-corrected chi connectivity index (χ3v) is 13.3. The Hall–Kier alpha value is -4.62. The minimum Gasteiger partial charge on any atom is -0.494 e. The van der Waals surface area contributed by atoms with Crippen LogP contribution in [0, 0.1) is 11.3 Å². The quantitative estimate of drug-likeness (QED) is 0.132. The van der Waals surface area contributed by atoms with E-state index in [2.05, 4.69) is 32.2 Å². The average Bonchev–Trinajstić information content (AvgIpc) is 4.07. The number of aromatic nitrogens is 1. The van der Waals surface area contributed by atoms with E-state index in [9.17, 15) is 32.6 Å². The van der Waals surface area contributed by atoms with Gasteiger partial charge in [0.15, 0.2) is 0 Å². The number of nitrogens with one attached hydrogen (secondary N) is 4. The van der Waals surface area contributed by atoms with Gasteiger partial charge in [0.2, 0.25) is 27.7 Å². The number of fused-ring (bicyclic) bond motifs is 2. The number of carbonyl (C=O) groups is 4. The Balaban J connectivity index is 1.17. The summed E-state index contributed by atoms with van der Waals surface area (Å²) in [5.74, 6) is -2.20. The van der Waals surface area contributed by atoms with Gasteiger partial charge in [-0.05, 0) is 66.0 Å². The van der Waals surface area contributed by atoms with Crippen LogP contribution in [0.1, 0.15) is 52.0 Å². The molecule has 1 aromatic heterocycles. The molecule has 1 saturated heterocycles. The molecule has 3 fully saturated rings. The number of anilines is 1. The third kappa shape index (κ3) is 8.17. The molecule has 2 aliphatic carbocycles. The van der Waals surface area contributed by atoms with Crippen LogP contribution in [0.15, 0.2) is 49.2 Å². The van der Waals surface area contributed by atoms with Crippen molar-refractivity contribution in [1.82, 2.24) is 25.2 Å². The first-order chi connectivity index (χ1) is 27.3. The Bertz CT molecular complexity index is 2330. The molecule has 5 N–H and O–H groups in total. The minimum absolute atomic E-state index is 0.0671. The van der Waals surface area contributed by atoms with E-state index in [0.29, 0.717) is 45.4 Å². The second-order valence-electron chi connectivity index (χ2n) is 16.1. The van der Waals surface area contributed by atoms with Crippen LogP contribution in [0.4, 0.5) is 10.5 Å². The first-order valence-electron chi connectivity index (χ1n) is 18.6. The molecule has 20 heteroatoms. The standard InChI is InChI=1S/C38H43BCl2N6O10S/c1-6-20-15-38(20,35(50)46-58(53,54)23-8-9-23)45-32(48)29-13-22(57-33-25-12-21(40)7-10-24(25)30(55-5)16-42-33)17-47(29)34(49)31(37(2,3)4)44-36(51)43-28-14-26-19(11-27(28)41)18-56-39(26)52/h6-7,10-12,14,16,20,22-23,29,31,52H,1,8-9,13,15,17-18H2,2-5H3,(H,45,48)(H,46,50)(H2,43,44,51)/t20-,22-,29+,31-,38-/m1/s1. The van der Waals surface area contributed by atoms with E-state index in [1.165, 1.54) is 30.3 Å². The number of pyridine rings is 1. The van der Waals surface area contributed by atoms with Crippen molar-refractivity contribution in [3.8, 4) is 11.6 Å². The van der Waals surface area contributed by atoms with Gasteiger partial charge in [-0.25, -0.2) is 18.2 Å². The average molecular weight is 858 g/mol. The van der Waals surface area contributed by atoms with E-state index in [-0.39, 0.29) is 42.6 Å². The number of halogens is 2. The van der Waals surface area contributed by atoms with Crippen molar-refractivity contribution in [2.24, 2.45) is 11.3 Å². The van der Waals surface area contributed by atoms with Crippen molar-refractivity contribution >= 4 is 86.0 Å². The molecular weight excluding hydrogens is 814 g/mol. The monoisotopic (exact) mass is 856 g/mol. The lowest BCUT2D eigenvalue weighted by Gasteiger charge is -2.35. The molecule has 3 aromatic rings. The number of hydrogen-bond acceptors (Lipinski definition) is 11. The molecule has 2 aromatic carbocycles. The Kier molecular flexibility index (Phi) is 11.1. The Morgan fingerprint density at radius 2 is 1.90 bits per heavy atom. The molecule has 0 unspecified atom stereocenters. The Labute approximate surface area is 345 Å². The molecular formula is C38H43BCl2N6O10S. The van der Waals surface area contributed by atoms with Crippen molar-refractivity contribution in [2.75, 3.05) is 19.0 Å². The van der Waals surface area contributed by atoms with Gasteiger partial charge in [-0.15, -0.1) is 6.58 Å². The van der Waals surface area contributed by atoms with Crippen molar-refractivity contribution in [3.05, 3.63) is 64.8 Å². The molecule has 0 spiro atoms. The maximum atomic E-state index is 14.7. The molecule has 4 aliphatic rings. The summed E-state index contributed by atoms with van der Waals surface area (Å²) in [4.78, 5) is 62.0. The van der Waals surface area contributed by atoms with Crippen LogP contribution in [-0.4, -0.2) is 96.8 Å². The highest BCUT2D eigenvalue weighted by Gasteiger charge is 2.62. The van der Waals surface area contributed by atoms with Crippen LogP contribution in [0.5, 0.6) is 11.6 Å². The van der Waals surface area contributed by atoms with E-state index in [1.54, 1.807) is 45.0 Å². The number of ether oxygens (including phenoxy) is 2. The van der Waals surface area contributed by atoms with Gasteiger partial charge in [-0.1, -0.05) is 50.0 Å². The largest absolute Gasteiger partial charge is 0.494 e. The van der Waals surface area contributed by atoms with E-state index < -0.39 is 81.2 Å². The van der Waals surface area contributed by atoms with Gasteiger partial charge < -0.3 is 40.0 Å². The molecule has 3 heterocycles. The lowest BCUT2D eigenvalue weighted by molar-refractivity contribution is -0.142. The lowest BCUT2D eigenvalue weighted by atomic mass is 9.79. The summed E-state index contributed by atoms with van der Waals surface area (Å²) in [6, 6.07) is 4.89. The van der Waals surface area contributed by atoms with Crippen LogP contribution in [-0.2, 0) is 35.7 Å². The molecule has 16 nitrogen and oxygen atoms in total. The number of urea groups is 1. The molecule has 2 aliphatic heterocycles. The fourth-order valence-electron chi connectivity index (χ4n) is 7.42. The lowest BCUT2D eigenvalue weighted by Crippen LogP contribution is -2.60. The number of amides is 5. The van der Waals surface area contributed by atoms with Crippen molar-refractivity contribution in [3.63, 3.8) is 0 Å². The maximum Gasteiger partial charge on any atom is 0.491 e. The highest BCUT2D eigenvalue weighted by atomic mass is 35.5.